The molecule has 2 atom stereocenters. The minimum Gasteiger partial charge on any atom is -0.490 e. The van der Waals surface area contributed by atoms with E-state index in [-0.39, 0.29) is 17.7 Å². The minimum atomic E-state index is -0.290. The van der Waals surface area contributed by atoms with E-state index in [4.69, 9.17) is 9.47 Å². The van der Waals surface area contributed by atoms with Gasteiger partial charge in [-0.05, 0) is 26.3 Å². The van der Waals surface area contributed by atoms with Gasteiger partial charge in [0.05, 0.1) is 6.61 Å². The number of ether oxygens (including phenoxy) is 2. The number of carbonyl (C=O) groups is 1. The van der Waals surface area contributed by atoms with Crippen molar-refractivity contribution in [2.75, 3.05) is 19.7 Å². The van der Waals surface area contributed by atoms with Gasteiger partial charge >= 0.3 is 6.03 Å². The predicted molar refractivity (Wildman–Crippen MR) is 83.9 cm³/mol. The van der Waals surface area contributed by atoms with E-state index in [9.17, 15) is 4.79 Å². The fraction of sp³-hybridized carbons (Fsp3) is 0.588. The molecule has 0 saturated carbocycles. The van der Waals surface area contributed by atoms with Gasteiger partial charge in [0.1, 0.15) is 18.0 Å². The molecule has 1 aromatic carbocycles. The van der Waals surface area contributed by atoms with Crippen LogP contribution < -0.4 is 10.1 Å². The predicted octanol–water partition coefficient (Wildman–Crippen LogP) is 2.55. The zero-order valence-corrected chi connectivity index (χ0v) is 13.3. The maximum Gasteiger partial charge on any atom is 0.317 e. The highest BCUT2D eigenvalue weighted by atomic mass is 16.6. The normalized spacial score (nSPS) is 27.7. The maximum absolute atomic E-state index is 12.1. The number of piperidine rings is 1. The summed E-state index contributed by atoms with van der Waals surface area (Å²) in [5.74, 6) is 0.915. The zero-order chi connectivity index (χ0) is 15.6. The molecule has 3 rings (SSSR count). The lowest BCUT2D eigenvalue weighted by atomic mass is 9.87. The number of nitrogens with one attached hydrogen (secondary N) is 1. The summed E-state index contributed by atoms with van der Waals surface area (Å²) in [6.07, 6.45) is 1.61. The Morgan fingerprint density at radius 2 is 2.27 bits per heavy atom. The van der Waals surface area contributed by atoms with Gasteiger partial charge in [0.15, 0.2) is 0 Å². The van der Waals surface area contributed by atoms with Crippen LogP contribution in [0, 0.1) is 0 Å². The van der Waals surface area contributed by atoms with Crippen LogP contribution in [0.15, 0.2) is 24.3 Å². The first-order valence-corrected chi connectivity index (χ1v) is 8.03. The van der Waals surface area contributed by atoms with Crippen molar-refractivity contribution in [1.29, 1.82) is 0 Å². The fourth-order valence-electron chi connectivity index (χ4n) is 3.36. The second-order valence-electron chi connectivity index (χ2n) is 6.20. The molecule has 2 aliphatic heterocycles. The van der Waals surface area contributed by atoms with Crippen LogP contribution in [0.3, 0.4) is 0 Å². The molecule has 22 heavy (non-hydrogen) atoms. The highest BCUT2D eigenvalue weighted by Gasteiger charge is 2.42. The third kappa shape index (κ3) is 2.90. The number of amides is 2. The van der Waals surface area contributed by atoms with Crippen molar-refractivity contribution in [3.8, 4) is 5.75 Å². The summed E-state index contributed by atoms with van der Waals surface area (Å²) in [5, 5.41) is 2.88. The molecular formula is C17H24N2O3. The van der Waals surface area contributed by atoms with Gasteiger partial charge < -0.3 is 19.7 Å². The summed E-state index contributed by atoms with van der Waals surface area (Å²) >= 11 is 0. The molecule has 0 aliphatic carbocycles. The number of hydrogen-bond acceptors (Lipinski definition) is 3. The quantitative estimate of drug-likeness (QED) is 0.867. The molecule has 2 heterocycles. The Morgan fingerprint density at radius 1 is 1.45 bits per heavy atom. The Labute approximate surface area is 131 Å². The van der Waals surface area contributed by atoms with Crippen LogP contribution >= 0.6 is 0 Å². The van der Waals surface area contributed by atoms with Crippen molar-refractivity contribution in [3.63, 3.8) is 0 Å². The molecule has 0 aromatic heterocycles. The van der Waals surface area contributed by atoms with Crippen molar-refractivity contribution in [2.45, 2.75) is 44.9 Å². The number of rotatable bonds is 1. The van der Waals surface area contributed by atoms with Crippen LogP contribution in [0.2, 0.25) is 0 Å². The second kappa shape index (κ2) is 6.16. The van der Waals surface area contributed by atoms with Crippen molar-refractivity contribution < 1.29 is 14.3 Å². The van der Waals surface area contributed by atoms with E-state index in [2.05, 4.69) is 12.2 Å². The molecule has 120 valence electrons. The monoisotopic (exact) mass is 304 g/mol. The molecule has 1 saturated heterocycles. The number of benzene rings is 1. The molecule has 2 aliphatic rings. The number of nitrogens with zero attached hydrogens (tertiary/aromatic N) is 1. The SMILES string of the molecule is CCNC(=O)N1CCC2(COc3ccccc3CO2)CC1C. The highest BCUT2D eigenvalue weighted by Crippen LogP contribution is 2.35. The maximum atomic E-state index is 12.1. The lowest BCUT2D eigenvalue weighted by molar-refractivity contribution is -0.112. The molecule has 2 amide bonds. The van der Waals surface area contributed by atoms with E-state index in [1.807, 2.05) is 36.1 Å². The second-order valence-corrected chi connectivity index (χ2v) is 6.20. The van der Waals surface area contributed by atoms with Gasteiger partial charge in [0.2, 0.25) is 0 Å². The molecule has 5 nitrogen and oxygen atoms in total. The standard InChI is InChI=1S/C17H24N2O3/c1-3-18-16(20)19-9-8-17(10-13(19)2)12-21-15-7-5-4-6-14(15)11-22-17/h4-7,13H,3,8-12H2,1-2H3,(H,18,20). The molecule has 0 radical (unpaired) electrons. The van der Waals surface area contributed by atoms with Gasteiger partial charge in [-0.15, -0.1) is 0 Å². The van der Waals surface area contributed by atoms with Crippen molar-refractivity contribution in [3.05, 3.63) is 29.8 Å². The first-order valence-electron chi connectivity index (χ1n) is 8.03. The van der Waals surface area contributed by atoms with Gasteiger partial charge in [0, 0.05) is 31.1 Å². The highest BCUT2D eigenvalue weighted by molar-refractivity contribution is 5.74. The van der Waals surface area contributed by atoms with Gasteiger partial charge in [0.25, 0.3) is 0 Å². The zero-order valence-electron chi connectivity index (χ0n) is 13.3. The minimum absolute atomic E-state index is 0.0164. The molecule has 5 heteroatoms. The van der Waals surface area contributed by atoms with Crippen molar-refractivity contribution in [1.82, 2.24) is 10.2 Å². The van der Waals surface area contributed by atoms with Gasteiger partial charge in [-0.3, -0.25) is 0 Å². The van der Waals surface area contributed by atoms with Gasteiger partial charge in [-0.25, -0.2) is 4.79 Å². The Hall–Kier alpha value is -1.75. The Kier molecular flexibility index (Phi) is 4.25. The number of carbonyl (C=O) groups excluding carboxylic acids is 1. The summed E-state index contributed by atoms with van der Waals surface area (Å²) in [4.78, 5) is 14.0. The van der Waals surface area contributed by atoms with E-state index >= 15 is 0 Å². The van der Waals surface area contributed by atoms with Gasteiger partial charge in [-0.2, -0.15) is 0 Å². The van der Waals surface area contributed by atoms with Crippen LogP contribution in [0.25, 0.3) is 0 Å². The lowest BCUT2D eigenvalue weighted by Gasteiger charge is -2.44. The molecule has 1 N–H and O–H groups in total. The van der Waals surface area contributed by atoms with Crippen molar-refractivity contribution in [2.24, 2.45) is 0 Å². The topological polar surface area (TPSA) is 50.8 Å². The average Bonchev–Trinajstić information content (AvgIpc) is 2.68. The molecular weight excluding hydrogens is 280 g/mol. The number of likely N-dealkylation sites (tertiary alicyclic amines) is 1. The van der Waals surface area contributed by atoms with Crippen LogP contribution in [0.5, 0.6) is 5.75 Å². The number of para-hydroxylation sites is 1. The molecule has 0 bridgehead atoms. The van der Waals surface area contributed by atoms with E-state index in [0.29, 0.717) is 26.3 Å². The third-order valence-electron chi connectivity index (χ3n) is 4.59. The summed E-state index contributed by atoms with van der Waals surface area (Å²) in [7, 11) is 0. The van der Waals surface area contributed by atoms with E-state index in [1.165, 1.54) is 0 Å². The first kappa shape index (κ1) is 15.2. The van der Waals surface area contributed by atoms with Crippen LogP contribution in [0.4, 0.5) is 4.79 Å². The van der Waals surface area contributed by atoms with Crippen LogP contribution in [0.1, 0.15) is 32.3 Å². The smallest absolute Gasteiger partial charge is 0.317 e. The van der Waals surface area contributed by atoms with E-state index in [1.54, 1.807) is 0 Å². The largest absolute Gasteiger partial charge is 0.490 e. The molecule has 1 fully saturated rings. The summed E-state index contributed by atoms with van der Waals surface area (Å²) in [6, 6.07) is 8.18. The fourth-order valence-corrected chi connectivity index (χ4v) is 3.36. The lowest BCUT2D eigenvalue weighted by Crippen LogP contribution is -2.56. The molecule has 1 spiro atoms. The van der Waals surface area contributed by atoms with E-state index < -0.39 is 0 Å². The van der Waals surface area contributed by atoms with E-state index in [0.717, 1.165) is 24.2 Å². The Bertz CT molecular complexity index is 519. The summed E-state index contributed by atoms with van der Waals surface area (Å²) in [6.45, 7) is 6.50. The molecule has 1 aromatic rings. The van der Waals surface area contributed by atoms with Crippen LogP contribution in [-0.4, -0.2) is 42.3 Å². The summed E-state index contributed by atoms with van der Waals surface area (Å²) < 4.78 is 12.2. The van der Waals surface area contributed by atoms with Crippen LogP contribution in [-0.2, 0) is 11.3 Å². The number of hydrogen-bond donors (Lipinski definition) is 1. The summed E-state index contributed by atoms with van der Waals surface area (Å²) in [5.41, 5.74) is 0.805. The molecule has 2 unspecified atom stereocenters. The average molecular weight is 304 g/mol. The third-order valence-corrected chi connectivity index (χ3v) is 4.59. The Morgan fingerprint density at radius 3 is 3.05 bits per heavy atom. The number of urea groups is 1. The first-order chi connectivity index (χ1) is 10.6. The number of fused-ring (bicyclic) bond motifs is 1. The van der Waals surface area contributed by atoms with Gasteiger partial charge in [-0.1, -0.05) is 18.2 Å². The van der Waals surface area contributed by atoms with Crippen molar-refractivity contribution >= 4 is 6.03 Å². The Balaban J connectivity index is 1.68.